The van der Waals surface area contributed by atoms with Crippen molar-refractivity contribution < 1.29 is 0 Å². The van der Waals surface area contributed by atoms with E-state index in [-0.39, 0.29) is 0 Å². The monoisotopic (exact) mass is 103 g/mol. The number of hydrogen-bond donors (Lipinski definition) is 3. The molecule has 44 valence electrons. The second-order valence-electron chi connectivity index (χ2n) is 1.64. The highest BCUT2D eigenvalue weighted by molar-refractivity contribution is 4.67. The van der Waals surface area contributed by atoms with E-state index in [0.717, 1.165) is 6.42 Å². The summed E-state index contributed by atoms with van der Waals surface area (Å²) < 4.78 is 0. The summed E-state index contributed by atoms with van der Waals surface area (Å²) in [6, 6.07) is 0. The fourth-order valence-corrected chi connectivity index (χ4v) is 0.177. The van der Waals surface area contributed by atoms with Crippen LogP contribution in [0.2, 0.25) is 0 Å². The Morgan fingerprint density at radius 2 is 2.00 bits per heavy atom. The van der Waals surface area contributed by atoms with Crippen molar-refractivity contribution in [3.63, 3.8) is 0 Å². The number of hydrogen-bond acceptors (Lipinski definition) is 3. The van der Waals surface area contributed by atoms with Gasteiger partial charge in [-0.1, -0.05) is 6.92 Å². The van der Waals surface area contributed by atoms with Crippen molar-refractivity contribution in [2.24, 2.45) is 11.5 Å². The molecule has 7 heavy (non-hydrogen) atoms. The fraction of sp³-hybridized carbons (Fsp3) is 1.00. The predicted octanol–water partition coefficient (Wildman–Crippen LogP) is -0.813. The van der Waals surface area contributed by atoms with E-state index in [1.54, 1.807) is 7.05 Å². The van der Waals surface area contributed by atoms with E-state index in [1.165, 1.54) is 0 Å². The minimum Gasteiger partial charge on any atom is -0.301 e. The minimum atomic E-state index is -0.667. The summed E-state index contributed by atoms with van der Waals surface area (Å²) in [4.78, 5) is 0. The summed E-state index contributed by atoms with van der Waals surface area (Å²) in [6.45, 7) is 1.93. The number of nitrogens with one attached hydrogen (secondary N) is 1. The van der Waals surface area contributed by atoms with Gasteiger partial charge in [-0.2, -0.15) is 0 Å². The lowest BCUT2D eigenvalue weighted by Crippen LogP contribution is -2.59. The standard InChI is InChI=1S/C4H13N3/c1-3-4(5,6)7-2/h7H,3,5-6H2,1-2H3. The van der Waals surface area contributed by atoms with Crippen molar-refractivity contribution in [3.8, 4) is 0 Å². The third-order valence-electron chi connectivity index (χ3n) is 1.05. The summed E-state index contributed by atoms with van der Waals surface area (Å²) in [5.41, 5.74) is 10.8. The van der Waals surface area contributed by atoms with Crippen LogP contribution >= 0.6 is 0 Å². The van der Waals surface area contributed by atoms with Gasteiger partial charge in [0.25, 0.3) is 0 Å². The quantitative estimate of drug-likeness (QED) is 0.400. The van der Waals surface area contributed by atoms with E-state index < -0.39 is 5.79 Å². The van der Waals surface area contributed by atoms with Gasteiger partial charge in [-0.15, -0.1) is 0 Å². The molecule has 0 rings (SSSR count). The van der Waals surface area contributed by atoms with Crippen LogP contribution in [0.1, 0.15) is 13.3 Å². The number of rotatable bonds is 2. The van der Waals surface area contributed by atoms with Gasteiger partial charge in [0.05, 0.1) is 0 Å². The molecule has 0 amide bonds. The Hall–Kier alpha value is -0.120. The maximum absolute atomic E-state index is 5.38. The third-order valence-corrected chi connectivity index (χ3v) is 1.05. The Morgan fingerprint density at radius 1 is 1.57 bits per heavy atom. The molecule has 0 aromatic heterocycles. The van der Waals surface area contributed by atoms with Crippen LogP contribution in [-0.4, -0.2) is 12.8 Å². The summed E-state index contributed by atoms with van der Waals surface area (Å²) >= 11 is 0. The molecule has 0 bridgehead atoms. The van der Waals surface area contributed by atoms with Gasteiger partial charge < -0.3 is 11.5 Å². The minimum absolute atomic E-state index is 0.667. The molecule has 0 aliphatic carbocycles. The first-order valence-electron chi connectivity index (χ1n) is 2.39. The predicted molar refractivity (Wildman–Crippen MR) is 30.5 cm³/mol. The second-order valence-corrected chi connectivity index (χ2v) is 1.64. The molecule has 0 radical (unpaired) electrons. The van der Waals surface area contributed by atoms with Gasteiger partial charge in [0.2, 0.25) is 0 Å². The Kier molecular flexibility index (Phi) is 2.22. The average Bonchev–Trinajstić information content (AvgIpc) is 1.68. The van der Waals surface area contributed by atoms with Crippen LogP contribution in [-0.2, 0) is 0 Å². The number of nitrogens with two attached hydrogens (primary N) is 2. The maximum Gasteiger partial charge on any atom is 0.117 e. The zero-order valence-electron chi connectivity index (χ0n) is 4.86. The Morgan fingerprint density at radius 3 is 2.00 bits per heavy atom. The first kappa shape index (κ1) is 6.88. The molecule has 5 N–H and O–H groups in total. The zero-order valence-corrected chi connectivity index (χ0v) is 4.86. The SMILES string of the molecule is CCC(N)(N)NC. The zero-order chi connectivity index (χ0) is 5.91. The summed E-state index contributed by atoms with van der Waals surface area (Å²) in [5.74, 6) is -0.667. The van der Waals surface area contributed by atoms with Crippen LogP contribution in [0.15, 0.2) is 0 Å². The van der Waals surface area contributed by atoms with E-state index in [2.05, 4.69) is 5.32 Å². The fourth-order valence-electron chi connectivity index (χ4n) is 0.177. The lowest BCUT2D eigenvalue weighted by atomic mass is 10.3. The van der Waals surface area contributed by atoms with Gasteiger partial charge in [0.15, 0.2) is 0 Å². The van der Waals surface area contributed by atoms with Crippen LogP contribution in [0.4, 0.5) is 0 Å². The lowest BCUT2D eigenvalue weighted by molar-refractivity contribution is 0.364. The van der Waals surface area contributed by atoms with Crippen LogP contribution in [0.5, 0.6) is 0 Å². The summed E-state index contributed by atoms with van der Waals surface area (Å²) in [5, 5.41) is 2.75. The molecule has 0 aliphatic rings. The molecule has 0 aromatic rings. The van der Waals surface area contributed by atoms with Crippen LogP contribution < -0.4 is 16.8 Å². The van der Waals surface area contributed by atoms with Crippen molar-refractivity contribution in [1.29, 1.82) is 0 Å². The molecule has 0 aliphatic heterocycles. The Labute approximate surface area is 44.1 Å². The van der Waals surface area contributed by atoms with Gasteiger partial charge in [-0.05, 0) is 13.5 Å². The van der Waals surface area contributed by atoms with E-state index in [4.69, 9.17) is 11.5 Å². The Bertz CT molecular complexity index is 44.9. The molecule has 0 spiro atoms. The summed E-state index contributed by atoms with van der Waals surface area (Å²) in [6.07, 6.45) is 0.740. The second kappa shape index (κ2) is 2.26. The van der Waals surface area contributed by atoms with E-state index in [0.29, 0.717) is 0 Å². The highest BCUT2D eigenvalue weighted by Crippen LogP contribution is 1.86. The average molecular weight is 103 g/mol. The van der Waals surface area contributed by atoms with Crippen LogP contribution in [0, 0.1) is 0 Å². The van der Waals surface area contributed by atoms with Crippen molar-refractivity contribution in [3.05, 3.63) is 0 Å². The highest BCUT2D eigenvalue weighted by atomic mass is 15.2. The topological polar surface area (TPSA) is 64.1 Å². The maximum atomic E-state index is 5.38. The molecule has 0 unspecified atom stereocenters. The van der Waals surface area contributed by atoms with Gasteiger partial charge in [0.1, 0.15) is 5.79 Å². The third kappa shape index (κ3) is 2.56. The van der Waals surface area contributed by atoms with Crippen molar-refractivity contribution in [1.82, 2.24) is 5.32 Å². The van der Waals surface area contributed by atoms with Crippen molar-refractivity contribution >= 4 is 0 Å². The van der Waals surface area contributed by atoms with Gasteiger partial charge >= 0.3 is 0 Å². The largest absolute Gasteiger partial charge is 0.301 e. The Balaban J connectivity index is 3.36. The first-order chi connectivity index (χ1) is 3.12. The van der Waals surface area contributed by atoms with Crippen LogP contribution in [0.3, 0.4) is 0 Å². The molecule has 0 atom stereocenters. The van der Waals surface area contributed by atoms with Gasteiger partial charge in [0, 0.05) is 0 Å². The first-order valence-corrected chi connectivity index (χ1v) is 2.39. The summed E-state index contributed by atoms with van der Waals surface area (Å²) in [7, 11) is 1.74. The normalized spacial score (nSPS) is 12.0. The van der Waals surface area contributed by atoms with Crippen molar-refractivity contribution in [2.75, 3.05) is 7.05 Å². The smallest absolute Gasteiger partial charge is 0.117 e. The molecule has 3 heteroatoms. The molecular formula is C4H13N3. The van der Waals surface area contributed by atoms with E-state index in [1.807, 2.05) is 6.92 Å². The molecule has 0 heterocycles. The molecule has 0 aromatic carbocycles. The van der Waals surface area contributed by atoms with E-state index in [9.17, 15) is 0 Å². The molecule has 0 saturated carbocycles. The van der Waals surface area contributed by atoms with Crippen LogP contribution in [0.25, 0.3) is 0 Å². The molecule has 0 fully saturated rings. The molecular weight excluding hydrogens is 90.1 g/mol. The van der Waals surface area contributed by atoms with Crippen molar-refractivity contribution in [2.45, 2.75) is 19.1 Å². The van der Waals surface area contributed by atoms with E-state index >= 15 is 0 Å². The molecule has 0 saturated heterocycles. The molecule has 3 nitrogen and oxygen atoms in total. The lowest BCUT2D eigenvalue weighted by Gasteiger charge is -2.20. The van der Waals surface area contributed by atoms with Gasteiger partial charge in [-0.3, -0.25) is 5.32 Å². The highest BCUT2D eigenvalue weighted by Gasteiger charge is 2.09. The van der Waals surface area contributed by atoms with Gasteiger partial charge in [-0.25, -0.2) is 0 Å².